The molecule has 0 saturated heterocycles. The summed E-state index contributed by atoms with van der Waals surface area (Å²) >= 11 is 7.27. The van der Waals surface area contributed by atoms with Gasteiger partial charge in [-0.15, -0.1) is 11.3 Å². The Morgan fingerprint density at radius 3 is 2.80 bits per heavy atom. The zero-order chi connectivity index (χ0) is 14.7. The van der Waals surface area contributed by atoms with Gasteiger partial charge in [0.05, 0.1) is 5.69 Å². The molecule has 1 heterocycles. The molecular weight excluding hydrogens is 296 g/mol. The predicted octanol–water partition coefficient (Wildman–Crippen LogP) is 3.82. The standard InChI is InChI=1S/C14H15ClN2O2S/c1-8-6-11(15)4-5-12(8)19-10(3)13(18)17-14-16-9(2)7-20-14/h4-7,10H,1-3H3,(H,16,17,18). The number of anilines is 1. The number of nitrogens with zero attached hydrogens (tertiary/aromatic N) is 1. The highest BCUT2D eigenvalue weighted by molar-refractivity contribution is 7.13. The molecule has 2 rings (SSSR count). The van der Waals surface area contributed by atoms with Crippen LogP contribution in [0.25, 0.3) is 0 Å². The molecule has 106 valence electrons. The Balaban J connectivity index is 2.00. The monoisotopic (exact) mass is 310 g/mol. The highest BCUT2D eigenvalue weighted by Gasteiger charge is 2.17. The number of aryl methyl sites for hydroxylation is 2. The van der Waals surface area contributed by atoms with Crippen molar-refractivity contribution in [2.45, 2.75) is 26.9 Å². The second-order valence-corrected chi connectivity index (χ2v) is 5.75. The van der Waals surface area contributed by atoms with Gasteiger partial charge >= 0.3 is 0 Å². The minimum absolute atomic E-state index is 0.228. The van der Waals surface area contributed by atoms with Crippen molar-refractivity contribution in [2.75, 3.05) is 5.32 Å². The summed E-state index contributed by atoms with van der Waals surface area (Å²) in [5.41, 5.74) is 1.77. The third kappa shape index (κ3) is 3.71. The lowest BCUT2D eigenvalue weighted by atomic mass is 10.2. The summed E-state index contributed by atoms with van der Waals surface area (Å²) in [6.45, 7) is 5.46. The predicted molar refractivity (Wildman–Crippen MR) is 81.8 cm³/mol. The Morgan fingerprint density at radius 2 is 2.20 bits per heavy atom. The maximum atomic E-state index is 12.0. The molecule has 20 heavy (non-hydrogen) atoms. The Morgan fingerprint density at radius 1 is 1.45 bits per heavy atom. The molecular formula is C14H15ClN2O2S. The molecule has 1 N–H and O–H groups in total. The van der Waals surface area contributed by atoms with Gasteiger partial charge in [0.25, 0.3) is 5.91 Å². The summed E-state index contributed by atoms with van der Waals surface area (Å²) < 4.78 is 5.65. The van der Waals surface area contributed by atoms with Crippen LogP contribution in [0.3, 0.4) is 0 Å². The van der Waals surface area contributed by atoms with E-state index in [1.807, 2.05) is 19.2 Å². The normalized spacial score (nSPS) is 12.0. The Labute approximate surface area is 126 Å². The molecule has 6 heteroatoms. The zero-order valence-corrected chi connectivity index (χ0v) is 13.0. The number of halogens is 1. The quantitative estimate of drug-likeness (QED) is 0.934. The molecule has 1 atom stereocenters. The molecule has 0 aliphatic carbocycles. The molecule has 0 bridgehead atoms. The van der Waals surface area contributed by atoms with Crippen molar-refractivity contribution >= 4 is 34.0 Å². The molecule has 0 fully saturated rings. The summed E-state index contributed by atoms with van der Waals surface area (Å²) in [5, 5.41) is 5.83. The van der Waals surface area contributed by atoms with Crippen molar-refractivity contribution < 1.29 is 9.53 Å². The van der Waals surface area contributed by atoms with Crippen LogP contribution in [-0.4, -0.2) is 17.0 Å². The lowest BCUT2D eigenvalue weighted by Crippen LogP contribution is -2.30. The van der Waals surface area contributed by atoms with Gasteiger partial charge in [0.15, 0.2) is 11.2 Å². The van der Waals surface area contributed by atoms with Crippen molar-refractivity contribution in [1.29, 1.82) is 0 Å². The van der Waals surface area contributed by atoms with Crippen LogP contribution in [0.2, 0.25) is 5.02 Å². The molecule has 1 aromatic heterocycles. The molecule has 1 unspecified atom stereocenters. The summed E-state index contributed by atoms with van der Waals surface area (Å²) in [6, 6.07) is 5.29. The lowest BCUT2D eigenvalue weighted by molar-refractivity contribution is -0.122. The van der Waals surface area contributed by atoms with E-state index in [1.165, 1.54) is 11.3 Å². The number of carbonyl (C=O) groups is 1. The van der Waals surface area contributed by atoms with Crippen molar-refractivity contribution in [2.24, 2.45) is 0 Å². The van der Waals surface area contributed by atoms with Crippen molar-refractivity contribution in [1.82, 2.24) is 4.98 Å². The van der Waals surface area contributed by atoms with Gasteiger partial charge in [-0.25, -0.2) is 4.98 Å². The van der Waals surface area contributed by atoms with Crippen molar-refractivity contribution in [3.8, 4) is 5.75 Å². The highest BCUT2D eigenvalue weighted by atomic mass is 35.5. The maximum absolute atomic E-state index is 12.0. The van der Waals surface area contributed by atoms with Crippen LogP contribution >= 0.6 is 22.9 Å². The number of ether oxygens (including phenoxy) is 1. The molecule has 2 aromatic rings. The van der Waals surface area contributed by atoms with E-state index in [0.29, 0.717) is 15.9 Å². The number of thiazole rings is 1. The number of nitrogens with one attached hydrogen (secondary N) is 1. The fourth-order valence-corrected chi connectivity index (χ4v) is 2.53. The van der Waals surface area contributed by atoms with E-state index in [9.17, 15) is 4.79 Å². The summed E-state index contributed by atoms with van der Waals surface area (Å²) in [7, 11) is 0. The first-order chi connectivity index (χ1) is 9.45. The minimum Gasteiger partial charge on any atom is -0.481 e. The van der Waals surface area contributed by atoms with Gasteiger partial charge in [-0.1, -0.05) is 11.6 Å². The topological polar surface area (TPSA) is 51.2 Å². The summed E-state index contributed by atoms with van der Waals surface area (Å²) in [6.07, 6.45) is -0.612. The number of carbonyl (C=O) groups excluding carboxylic acids is 1. The minimum atomic E-state index is -0.612. The van der Waals surface area contributed by atoms with Gasteiger partial charge in [-0.05, 0) is 44.5 Å². The SMILES string of the molecule is Cc1csc(NC(=O)C(C)Oc2ccc(Cl)cc2C)n1. The largest absolute Gasteiger partial charge is 0.481 e. The van der Waals surface area contributed by atoms with Gasteiger partial charge in [-0.2, -0.15) is 0 Å². The number of hydrogen-bond acceptors (Lipinski definition) is 4. The average molecular weight is 311 g/mol. The van der Waals surface area contributed by atoms with Gasteiger partial charge in [-0.3, -0.25) is 10.1 Å². The highest BCUT2D eigenvalue weighted by Crippen LogP contribution is 2.23. The number of aromatic nitrogens is 1. The van der Waals surface area contributed by atoms with Crippen molar-refractivity contribution in [3.05, 3.63) is 39.9 Å². The van der Waals surface area contributed by atoms with Gasteiger partial charge in [0.2, 0.25) is 0 Å². The second-order valence-electron chi connectivity index (χ2n) is 4.45. The molecule has 0 aliphatic heterocycles. The second kappa shape index (κ2) is 6.24. The molecule has 1 amide bonds. The smallest absolute Gasteiger partial charge is 0.266 e. The van der Waals surface area contributed by atoms with Crippen molar-refractivity contribution in [3.63, 3.8) is 0 Å². The first-order valence-electron chi connectivity index (χ1n) is 6.11. The van der Waals surface area contributed by atoms with E-state index in [2.05, 4.69) is 10.3 Å². The lowest BCUT2D eigenvalue weighted by Gasteiger charge is -2.15. The Kier molecular flexibility index (Phi) is 4.62. The van der Waals surface area contributed by atoms with E-state index >= 15 is 0 Å². The van der Waals surface area contributed by atoms with Gasteiger partial charge in [0, 0.05) is 10.4 Å². The Hall–Kier alpha value is -1.59. The first kappa shape index (κ1) is 14.8. The molecule has 0 radical (unpaired) electrons. The molecule has 0 saturated carbocycles. The third-order valence-corrected chi connectivity index (χ3v) is 3.77. The molecule has 1 aromatic carbocycles. The fraction of sp³-hybridized carbons (Fsp3) is 0.286. The number of amides is 1. The molecule has 0 spiro atoms. The number of rotatable bonds is 4. The van der Waals surface area contributed by atoms with E-state index < -0.39 is 6.10 Å². The Bertz CT molecular complexity index is 627. The maximum Gasteiger partial charge on any atom is 0.266 e. The summed E-state index contributed by atoms with van der Waals surface area (Å²) in [4.78, 5) is 16.2. The molecule has 4 nitrogen and oxygen atoms in total. The van der Waals surface area contributed by atoms with Crippen LogP contribution in [0.15, 0.2) is 23.6 Å². The van der Waals surface area contributed by atoms with E-state index in [-0.39, 0.29) is 5.91 Å². The summed E-state index contributed by atoms with van der Waals surface area (Å²) in [5.74, 6) is 0.418. The number of benzene rings is 1. The van der Waals surface area contributed by atoms with Crippen LogP contribution < -0.4 is 10.1 Å². The van der Waals surface area contributed by atoms with Crippen LogP contribution in [0.4, 0.5) is 5.13 Å². The van der Waals surface area contributed by atoms with E-state index in [0.717, 1.165) is 11.3 Å². The number of hydrogen-bond donors (Lipinski definition) is 1. The fourth-order valence-electron chi connectivity index (χ4n) is 1.61. The molecule has 0 aliphatic rings. The van der Waals surface area contributed by atoms with Crippen LogP contribution in [-0.2, 0) is 4.79 Å². The van der Waals surface area contributed by atoms with E-state index in [1.54, 1.807) is 25.1 Å². The van der Waals surface area contributed by atoms with Gasteiger partial charge < -0.3 is 4.74 Å². The van der Waals surface area contributed by atoms with Gasteiger partial charge in [0.1, 0.15) is 5.75 Å². The average Bonchev–Trinajstić information content (AvgIpc) is 2.78. The van der Waals surface area contributed by atoms with Crippen LogP contribution in [0, 0.1) is 13.8 Å². The van der Waals surface area contributed by atoms with E-state index in [4.69, 9.17) is 16.3 Å². The first-order valence-corrected chi connectivity index (χ1v) is 7.37. The third-order valence-electron chi connectivity index (χ3n) is 2.66. The zero-order valence-electron chi connectivity index (χ0n) is 11.4. The van der Waals surface area contributed by atoms with Crippen LogP contribution in [0.5, 0.6) is 5.75 Å². The van der Waals surface area contributed by atoms with Crippen LogP contribution in [0.1, 0.15) is 18.2 Å².